The molecule has 1 fully saturated rings. The van der Waals surface area contributed by atoms with Gasteiger partial charge in [-0.1, -0.05) is 24.6 Å². The van der Waals surface area contributed by atoms with Crippen LogP contribution in [0.2, 0.25) is 0 Å². The Labute approximate surface area is 97.6 Å². The Morgan fingerprint density at radius 1 is 1.20 bits per heavy atom. The highest BCUT2D eigenvalue weighted by atomic mass is 35.5. The second-order valence-corrected chi connectivity index (χ2v) is 5.30. The van der Waals surface area contributed by atoms with E-state index in [9.17, 15) is 0 Å². The van der Waals surface area contributed by atoms with Gasteiger partial charge in [-0.05, 0) is 55.2 Å². The Bertz CT molecular complexity index is 325. The fourth-order valence-corrected chi connectivity index (χ4v) is 2.90. The van der Waals surface area contributed by atoms with E-state index in [-0.39, 0.29) is 0 Å². The predicted molar refractivity (Wildman–Crippen MR) is 66.6 cm³/mol. The fraction of sp³-hybridized carbons (Fsp3) is 0.571. The molecule has 0 atom stereocenters. The molecule has 0 N–H and O–H groups in total. The highest BCUT2D eigenvalue weighted by Gasteiger charge is 2.36. The highest BCUT2D eigenvalue weighted by Crippen LogP contribution is 2.45. The van der Waals surface area contributed by atoms with Crippen molar-refractivity contribution in [2.24, 2.45) is 5.41 Å². The van der Waals surface area contributed by atoms with Gasteiger partial charge in [0.05, 0.1) is 0 Å². The van der Waals surface area contributed by atoms with Crippen molar-refractivity contribution in [2.45, 2.75) is 39.5 Å². The van der Waals surface area contributed by atoms with Gasteiger partial charge in [0.1, 0.15) is 0 Å². The van der Waals surface area contributed by atoms with Crippen molar-refractivity contribution in [1.29, 1.82) is 0 Å². The van der Waals surface area contributed by atoms with Crippen molar-refractivity contribution < 1.29 is 0 Å². The van der Waals surface area contributed by atoms with Gasteiger partial charge in [0.2, 0.25) is 0 Å². The van der Waals surface area contributed by atoms with Gasteiger partial charge in [-0.2, -0.15) is 0 Å². The molecule has 0 aromatic heterocycles. The molecule has 0 radical (unpaired) electrons. The second-order valence-electron chi connectivity index (χ2n) is 5.03. The zero-order valence-electron chi connectivity index (χ0n) is 9.65. The van der Waals surface area contributed by atoms with Crippen LogP contribution in [-0.2, 0) is 6.42 Å². The second kappa shape index (κ2) is 4.17. The predicted octanol–water partition coefficient (Wildman–Crippen LogP) is 4.26. The van der Waals surface area contributed by atoms with Crippen LogP contribution in [0.5, 0.6) is 0 Å². The fourth-order valence-electron chi connectivity index (χ4n) is 2.54. The zero-order chi connectivity index (χ0) is 10.9. The number of alkyl halides is 1. The van der Waals surface area contributed by atoms with Crippen molar-refractivity contribution in [3.05, 3.63) is 34.9 Å². The number of halogens is 1. The molecule has 1 saturated carbocycles. The number of hydrogen-bond acceptors (Lipinski definition) is 0. The zero-order valence-corrected chi connectivity index (χ0v) is 10.4. The smallest absolute Gasteiger partial charge is 0.0283 e. The molecule has 0 nitrogen and oxygen atoms in total. The van der Waals surface area contributed by atoms with Gasteiger partial charge in [-0.15, -0.1) is 11.6 Å². The van der Waals surface area contributed by atoms with Gasteiger partial charge >= 0.3 is 0 Å². The molecule has 1 aliphatic rings. The Hall–Kier alpha value is -0.490. The Balaban J connectivity index is 2.23. The molecular weight excluding hydrogens is 204 g/mol. The minimum atomic E-state index is 0.415. The first-order valence-electron chi connectivity index (χ1n) is 5.78. The Kier molecular flexibility index (Phi) is 3.06. The first kappa shape index (κ1) is 11.0. The maximum absolute atomic E-state index is 6.11. The van der Waals surface area contributed by atoms with E-state index >= 15 is 0 Å². The number of hydrogen-bond donors (Lipinski definition) is 0. The summed E-state index contributed by atoms with van der Waals surface area (Å²) in [4.78, 5) is 0. The molecule has 2 rings (SSSR count). The van der Waals surface area contributed by atoms with E-state index in [4.69, 9.17) is 11.6 Å². The first-order chi connectivity index (χ1) is 7.17. The minimum absolute atomic E-state index is 0.415. The van der Waals surface area contributed by atoms with E-state index in [1.807, 2.05) is 0 Å². The molecule has 0 unspecified atom stereocenters. The monoisotopic (exact) mass is 222 g/mol. The molecule has 1 aliphatic carbocycles. The van der Waals surface area contributed by atoms with Crippen molar-refractivity contribution in [1.82, 2.24) is 0 Å². The lowest BCUT2D eigenvalue weighted by Crippen LogP contribution is -2.34. The van der Waals surface area contributed by atoms with Gasteiger partial charge in [0.25, 0.3) is 0 Å². The van der Waals surface area contributed by atoms with Gasteiger partial charge in [0.15, 0.2) is 0 Å². The number of benzene rings is 1. The van der Waals surface area contributed by atoms with Crippen molar-refractivity contribution >= 4 is 11.6 Å². The normalized spacial score (nSPS) is 18.6. The van der Waals surface area contributed by atoms with Crippen LogP contribution < -0.4 is 0 Å². The van der Waals surface area contributed by atoms with E-state index in [0.29, 0.717) is 5.41 Å². The largest absolute Gasteiger partial charge is 0.126 e. The molecule has 1 heteroatoms. The maximum Gasteiger partial charge on any atom is 0.0283 e. The minimum Gasteiger partial charge on any atom is -0.126 e. The molecule has 0 aliphatic heterocycles. The standard InChI is InChI=1S/C14H19Cl/c1-11-5-3-6-12(2)13(11)9-14(10-15)7-4-8-14/h3,5-6H,4,7-10H2,1-2H3. The lowest BCUT2D eigenvalue weighted by Gasteiger charge is -2.41. The van der Waals surface area contributed by atoms with Gasteiger partial charge < -0.3 is 0 Å². The van der Waals surface area contributed by atoms with Crippen LogP contribution in [0.3, 0.4) is 0 Å². The van der Waals surface area contributed by atoms with Crippen LogP contribution in [0.1, 0.15) is 36.0 Å². The quantitative estimate of drug-likeness (QED) is 0.671. The van der Waals surface area contributed by atoms with Crippen LogP contribution >= 0.6 is 11.6 Å². The number of aryl methyl sites for hydroxylation is 2. The van der Waals surface area contributed by atoms with E-state index in [0.717, 1.165) is 5.88 Å². The summed E-state index contributed by atoms with van der Waals surface area (Å²) in [5, 5.41) is 0. The van der Waals surface area contributed by atoms with Crippen LogP contribution in [0.4, 0.5) is 0 Å². The Morgan fingerprint density at radius 3 is 2.20 bits per heavy atom. The summed E-state index contributed by atoms with van der Waals surface area (Å²) in [6.07, 6.45) is 5.15. The van der Waals surface area contributed by atoms with E-state index < -0.39 is 0 Å². The van der Waals surface area contributed by atoms with Crippen LogP contribution in [0.25, 0.3) is 0 Å². The average molecular weight is 223 g/mol. The molecule has 0 saturated heterocycles. The summed E-state index contributed by atoms with van der Waals surface area (Å²) in [7, 11) is 0. The number of rotatable bonds is 3. The van der Waals surface area contributed by atoms with Gasteiger partial charge in [0, 0.05) is 5.88 Å². The molecule has 15 heavy (non-hydrogen) atoms. The van der Waals surface area contributed by atoms with Crippen LogP contribution in [-0.4, -0.2) is 5.88 Å². The third-order valence-electron chi connectivity index (χ3n) is 3.89. The summed E-state index contributed by atoms with van der Waals surface area (Å²) in [5.41, 5.74) is 4.79. The van der Waals surface area contributed by atoms with E-state index in [1.165, 1.54) is 42.4 Å². The molecule has 82 valence electrons. The van der Waals surface area contributed by atoms with Crippen molar-refractivity contribution in [3.8, 4) is 0 Å². The van der Waals surface area contributed by atoms with E-state index in [2.05, 4.69) is 32.0 Å². The molecule has 1 aromatic carbocycles. The maximum atomic E-state index is 6.11. The summed E-state index contributed by atoms with van der Waals surface area (Å²) >= 11 is 6.11. The van der Waals surface area contributed by atoms with Crippen LogP contribution in [0, 0.1) is 19.3 Å². The van der Waals surface area contributed by atoms with Crippen LogP contribution in [0.15, 0.2) is 18.2 Å². The molecule has 0 spiro atoms. The lowest BCUT2D eigenvalue weighted by molar-refractivity contribution is 0.165. The SMILES string of the molecule is Cc1cccc(C)c1CC1(CCl)CCC1. The summed E-state index contributed by atoms with van der Waals surface area (Å²) in [6, 6.07) is 6.56. The van der Waals surface area contributed by atoms with E-state index in [1.54, 1.807) is 0 Å². The molecule has 0 heterocycles. The summed E-state index contributed by atoms with van der Waals surface area (Å²) < 4.78 is 0. The first-order valence-corrected chi connectivity index (χ1v) is 6.31. The average Bonchev–Trinajstić information content (AvgIpc) is 2.15. The topological polar surface area (TPSA) is 0 Å². The Morgan fingerprint density at radius 2 is 1.80 bits per heavy atom. The van der Waals surface area contributed by atoms with Crippen molar-refractivity contribution in [2.75, 3.05) is 5.88 Å². The third-order valence-corrected chi connectivity index (χ3v) is 4.46. The molecule has 0 amide bonds. The molecule has 1 aromatic rings. The third kappa shape index (κ3) is 2.06. The highest BCUT2D eigenvalue weighted by molar-refractivity contribution is 6.18. The molecular formula is C14H19Cl. The summed E-state index contributed by atoms with van der Waals surface area (Å²) in [6.45, 7) is 4.42. The van der Waals surface area contributed by atoms with Crippen molar-refractivity contribution in [3.63, 3.8) is 0 Å². The molecule has 0 bridgehead atoms. The summed E-state index contributed by atoms with van der Waals surface area (Å²) in [5.74, 6) is 0.820. The van der Waals surface area contributed by atoms with Gasteiger partial charge in [-0.25, -0.2) is 0 Å². The lowest BCUT2D eigenvalue weighted by atomic mass is 9.66. The van der Waals surface area contributed by atoms with Gasteiger partial charge in [-0.3, -0.25) is 0 Å².